The number of fused-ring (bicyclic) bond motifs is 2. The van der Waals surface area contributed by atoms with Gasteiger partial charge in [-0.2, -0.15) is 23.4 Å². The van der Waals surface area contributed by atoms with Crippen molar-refractivity contribution in [1.82, 2.24) is 29.9 Å². The van der Waals surface area contributed by atoms with Gasteiger partial charge in [-0.3, -0.25) is 4.79 Å². The predicted molar refractivity (Wildman–Crippen MR) is 103 cm³/mol. The van der Waals surface area contributed by atoms with Crippen LogP contribution in [0.3, 0.4) is 0 Å². The zero-order valence-electron chi connectivity index (χ0n) is 16.5. The molecule has 1 saturated carbocycles. The molecule has 1 aliphatic carbocycles. The number of para-hydroxylation sites is 1. The number of likely N-dealkylation sites (tertiary alicyclic amines) is 1. The number of aromatic nitrogens is 5. The lowest BCUT2D eigenvalue weighted by Crippen LogP contribution is -2.48. The van der Waals surface area contributed by atoms with Crippen molar-refractivity contribution < 1.29 is 22.4 Å². The zero-order valence-corrected chi connectivity index (χ0v) is 16.5. The van der Waals surface area contributed by atoms with E-state index in [1.807, 2.05) is 0 Å². The van der Waals surface area contributed by atoms with Crippen LogP contribution in [-0.2, 0) is 6.18 Å². The second-order valence-corrected chi connectivity index (χ2v) is 7.86. The lowest BCUT2D eigenvalue weighted by atomic mass is 10.0. The molecule has 1 aromatic carbocycles. The van der Waals surface area contributed by atoms with Crippen molar-refractivity contribution in [2.45, 2.75) is 31.1 Å². The Balaban J connectivity index is 1.37. The molecular weight excluding hydrogens is 430 g/mol. The average Bonchev–Trinajstić information content (AvgIpc) is 3.50. The van der Waals surface area contributed by atoms with Gasteiger partial charge in [0.25, 0.3) is 5.91 Å². The lowest BCUT2D eigenvalue weighted by molar-refractivity contribution is -0.138. The molecule has 5 rings (SSSR count). The van der Waals surface area contributed by atoms with Gasteiger partial charge in [-0.25, -0.2) is 14.4 Å². The number of piperidine rings is 1. The number of nitrogens with one attached hydrogen (secondary N) is 1. The number of alkyl halides is 3. The summed E-state index contributed by atoms with van der Waals surface area (Å²) in [6, 6.07) is 3.76. The maximum Gasteiger partial charge on any atom is 0.419 e. The van der Waals surface area contributed by atoms with Crippen molar-refractivity contribution >= 4 is 11.9 Å². The molecule has 1 amide bonds. The number of carbonyl (C=O) groups excluding carboxylic acids is 1. The number of benzene rings is 1. The maximum absolute atomic E-state index is 14.5. The number of halogens is 4. The summed E-state index contributed by atoms with van der Waals surface area (Å²) < 4.78 is 52.7. The Morgan fingerprint density at radius 2 is 1.81 bits per heavy atom. The molecule has 1 N–H and O–H groups in total. The zero-order chi connectivity index (χ0) is 22.5. The molecule has 0 spiro atoms. The Bertz CT molecular complexity index is 1130. The first-order valence-electron chi connectivity index (χ1n) is 9.93. The number of anilines is 1. The van der Waals surface area contributed by atoms with Crippen LogP contribution in [0, 0.1) is 11.7 Å². The maximum atomic E-state index is 14.5. The molecule has 2 bridgehead atoms. The van der Waals surface area contributed by atoms with Gasteiger partial charge >= 0.3 is 6.18 Å². The van der Waals surface area contributed by atoms with Gasteiger partial charge in [0.2, 0.25) is 5.95 Å². The molecule has 2 fully saturated rings. The summed E-state index contributed by atoms with van der Waals surface area (Å²) in [4.78, 5) is 23.6. The highest BCUT2D eigenvalue weighted by atomic mass is 19.4. The number of amides is 1. The van der Waals surface area contributed by atoms with E-state index in [-0.39, 0.29) is 41.1 Å². The van der Waals surface area contributed by atoms with Crippen molar-refractivity contribution in [3.63, 3.8) is 0 Å². The Kier molecular flexibility index (Phi) is 4.79. The average molecular weight is 447 g/mol. The summed E-state index contributed by atoms with van der Waals surface area (Å²) >= 11 is 0. The molecular formula is C20H17F4N7O. The third-order valence-electron chi connectivity index (χ3n) is 5.87. The Morgan fingerprint density at radius 3 is 2.47 bits per heavy atom. The highest BCUT2D eigenvalue weighted by Gasteiger charge is 2.47. The van der Waals surface area contributed by atoms with Gasteiger partial charge in [0.05, 0.1) is 29.6 Å². The summed E-state index contributed by atoms with van der Waals surface area (Å²) in [7, 11) is 0. The number of hydrogen-bond acceptors (Lipinski definition) is 6. The number of rotatable bonds is 4. The van der Waals surface area contributed by atoms with Crippen molar-refractivity contribution in [3.8, 4) is 5.69 Å². The van der Waals surface area contributed by atoms with E-state index in [2.05, 4.69) is 25.5 Å². The molecule has 0 radical (unpaired) electrons. The van der Waals surface area contributed by atoms with Crippen molar-refractivity contribution in [2.75, 3.05) is 11.9 Å². The molecule has 3 atom stereocenters. The fourth-order valence-electron chi connectivity index (χ4n) is 4.51. The standard InChI is InChI=1S/C20H17F4N7O/c21-14-3-1-2-13(17(14)31-27-4-5-28-31)18(32)30-10-11-6-15(16(30)7-11)29-19-25-8-12(9-26-19)20(22,23)24/h1-5,8-9,11,15-16H,6-7,10H2,(H,25,26,29)/t11-,15+,16-/m0/s1. The Morgan fingerprint density at radius 1 is 1.09 bits per heavy atom. The van der Waals surface area contributed by atoms with Crippen LogP contribution in [-0.4, -0.2) is 54.4 Å². The third kappa shape index (κ3) is 3.55. The molecule has 0 unspecified atom stereocenters. The van der Waals surface area contributed by atoms with Crippen LogP contribution < -0.4 is 5.32 Å². The van der Waals surface area contributed by atoms with Crippen LogP contribution in [0.25, 0.3) is 5.69 Å². The fourth-order valence-corrected chi connectivity index (χ4v) is 4.51. The summed E-state index contributed by atoms with van der Waals surface area (Å²) in [6.07, 6.45) is 1.18. The molecule has 12 heteroatoms. The van der Waals surface area contributed by atoms with Crippen molar-refractivity contribution in [1.29, 1.82) is 0 Å². The van der Waals surface area contributed by atoms with Crippen LogP contribution >= 0.6 is 0 Å². The van der Waals surface area contributed by atoms with Crippen LogP contribution in [0.1, 0.15) is 28.8 Å². The van der Waals surface area contributed by atoms with Gasteiger partial charge in [0.15, 0.2) is 5.82 Å². The van der Waals surface area contributed by atoms with E-state index >= 15 is 0 Å². The Hall–Kier alpha value is -3.57. The summed E-state index contributed by atoms with van der Waals surface area (Å²) in [5.41, 5.74) is -0.821. The van der Waals surface area contributed by atoms with Gasteiger partial charge in [0.1, 0.15) is 5.69 Å². The van der Waals surface area contributed by atoms with E-state index in [0.29, 0.717) is 6.54 Å². The minimum Gasteiger partial charge on any atom is -0.349 e. The van der Waals surface area contributed by atoms with Crippen LogP contribution in [0.5, 0.6) is 0 Å². The molecule has 166 valence electrons. The molecule has 8 nitrogen and oxygen atoms in total. The molecule has 3 heterocycles. The first kappa shape index (κ1) is 20.3. The summed E-state index contributed by atoms with van der Waals surface area (Å²) in [5, 5.41) is 10.9. The van der Waals surface area contributed by atoms with Crippen LogP contribution in [0.15, 0.2) is 43.0 Å². The first-order chi connectivity index (χ1) is 15.3. The van der Waals surface area contributed by atoms with Crippen molar-refractivity contribution in [3.05, 3.63) is 59.9 Å². The van der Waals surface area contributed by atoms with Gasteiger partial charge in [-0.05, 0) is 30.9 Å². The molecule has 2 aromatic heterocycles. The van der Waals surface area contributed by atoms with Gasteiger partial charge < -0.3 is 10.2 Å². The number of hydrogen-bond donors (Lipinski definition) is 1. The normalized spacial score (nSPS) is 22.4. The minimum absolute atomic E-state index is 0.0270. The number of carbonyl (C=O) groups is 1. The molecule has 3 aromatic rings. The van der Waals surface area contributed by atoms with Crippen molar-refractivity contribution in [2.24, 2.45) is 5.92 Å². The van der Waals surface area contributed by atoms with E-state index in [1.165, 1.54) is 30.6 Å². The Labute approximate surface area is 179 Å². The SMILES string of the molecule is O=C(c1cccc(F)c1-n1nccn1)N1C[C@H]2C[C@@H](Nc3ncc(C(F)(F)F)cn3)[C@@H]1C2. The van der Waals surface area contributed by atoms with Gasteiger partial charge in [-0.1, -0.05) is 6.07 Å². The van der Waals surface area contributed by atoms with E-state index in [9.17, 15) is 22.4 Å². The second kappa shape index (κ2) is 7.53. The topological polar surface area (TPSA) is 88.8 Å². The summed E-state index contributed by atoms with van der Waals surface area (Å²) in [5.74, 6) is -0.695. The molecule has 32 heavy (non-hydrogen) atoms. The second-order valence-electron chi connectivity index (χ2n) is 7.86. The monoisotopic (exact) mass is 447 g/mol. The largest absolute Gasteiger partial charge is 0.419 e. The van der Waals surface area contributed by atoms with E-state index < -0.39 is 17.6 Å². The molecule has 2 aliphatic rings. The first-order valence-corrected chi connectivity index (χ1v) is 9.93. The predicted octanol–water partition coefficient (Wildman–Crippen LogP) is 2.93. The molecule has 1 aliphatic heterocycles. The quantitative estimate of drug-likeness (QED) is 0.619. The highest BCUT2D eigenvalue weighted by molar-refractivity contribution is 5.98. The smallest absolute Gasteiger partial charge is 0.349 e. The lowest BCUT2D eigenvalue weighted by Gasteiger charge is -2.34. The van der Waals surface area contributed by atoms with E-state index in [4.69, 9.17) is 0 Å². The summed E-state index contributed by atoms with van der Waals surface area (Å²) in [6.45, 7) is 0.512. The van der Waals surface area contributed by atoms with Gasteiger partial charge in [-0.15, -0.1) is 4.80 Å². The third-order valence-corrected chi connectivity index (χ3v) is 5.87. The van der Waals surface area contributed by atoms with Crippen LogP contribution in [0.2, 0.25) is 0 Å². The highest BCUT2D eigenvalue weighted by Crippen LogP contribution is 2.40. The van der Waals surface area contributed by atoms with E-state index in [1.54, 1.807) is 4.90 Å². The number of nitrogens with zero attached hydrogens (tertiary/aromatic N) is 6. The van der Waals surface area contributed by atoms with Crippen LogP contribution in [0.4, 0.5) is 23.5 Å². The fraction of sp³-hybridized carbons (Fsp3) is 0.350. The van der Waals surface area contributed by atoms with E-state index in [0.717, 1.165) is 30.0 Å². The van der Waals surface area contributed by atoms with Gasteiger partial charge in [0, 0.05) is 25.0 Å². The minimum atomic E-state index is -4.51. The molecule has 1 saturated heterocycles.